The second-order valence-corrected chi connectivity index (χ2v) is 17.8. The van der Waals surface area contributed by atoms with Crippen LogP contribution in [0.4, 0.5) is 0 Å². The maximum absolute atomic E-state index is 2.77. The molecule has 4 unspecified atom stereocenters. The fourth-order valence-corrected chi connectivity index (χ4v) is 18.9. The Morgan fingerprint density at radius 3 is 1.17 bits per heavy atom. The van der Waals surface area contributed by atoms with E-state index in [2.05, 4.69) is 65.1 Å². The average Bonchev–Trinajstić information content (AvgIpc) is 3.41. The van der Waals surface area contributed by atoms with Crippen molar-refractivity contribution in [2.45, 2.75) is 127 Å². The molecule has 4 atom stereocenters. The smallest absolute Gasteiger partial charge is 0.0756 e. The Hall–Kier alpha value is 0.700. The van der Waals surface area contributed by atoms with Gasteiger partial charge in [0.15, 0.2) is 0 Å². The SMILES string of the molecule is CC1(C)C2CCC1(C)C1(SC3(S1)C1(CCCC1)C1CCC3(C)C1(C)C)C21CCCC1. The Balaban J connectivity index is 1.41. The molecule has 7 rings (SSSR count). The second kappa shape index (κ2) is 5.18. The molecule has 1 heterocycles. The number of hydrogen-bond donors (Lipinski definition) is 0. The van der Waals surface area contributed by atoms with Gasteiger partial charge >= 0.3 is 0 Å². The lowest BCUT2D eigenvalue weighted by molar-refractivity contribution is 0.0942. The number of fused-ring (bicyclic) bond motifs is 10. The van der Waals surface area contributed by atoms with Gasteiger partial charge in [-0.1, -0.05) is 67.2 Å². The predicted molar refractivity (Wildman–Crippen MR) is 132 cm³/mol. The van der Waals surface area contributed by atoms with Gasteiger partial charge in [0.25, 0.3) is 0 Å². The number of hydrogen-bond acceptors (Lipinski definition) is 2. The molecule has 0 nitrogen and oxygen atoms in total. The molecule has 7 fully saturated rings. The van der Waals surface area contributed by atoms with E-state index in [1.165, 1.54) is 51.4 Å². The molecular weight excluding hydrogens is 400 g/mol. The largest absolute Gasteiger partial charge is 0.124 e. The highest BCUT2D eigenvalue weighted by molar-refractivity contribution is 8.36. The summed E-state index contributed by atoms with van der Waals surface area (Å²) in [5, 5.41) is 0. The van der Waals surface area contributed by atoms with Gasteiger partial charge in [0.1, 0.15) is 0 Å². The summed E-state index contributed by atoms with van der Waals surface area (Å²) >= 11 is 5.35. The van der Waals surface area contributed by atoms with E-state index in [1.807, 2.05) is 0 Å². The minimum atomic E-state index is 0.516. The zero-order valence-electron chi connectivity index (χ0n) is 20.5. The third-order valence-electron chi connectivity index (χ3n) is 14.1. The van der Waals surface area contributed by atoms with Crippen LogP contribution in [-0.2, 0) is 0 Å². The molecule has 0 radical (unpaired) electrons. The van der Waals surface area contributed by atoms with Crippen molar-refractivity contribution in [3.63, 3.8) is 0 Å². The maximum Gasteiger partial charge on any atom is 0.0756 e. The summed E-state index contributed by atoms with van der Waals surface area (Å²) < 4.78 is 1.03. The fourth-order valence-electron chi connectivity index (χ4n) is 12.3. The molecule has 0 aromatic heterocycles. The van der Waals surface area contributed by atoms with Crippen LogP contribution in [0.15, 0.2) is 0 Å². The van der Waals surface area contributed by atoms with Gasteiger partial charge in [-0.05, 0) is 95.7 Å². The zero-order valence-corrected chi connectivity index (χ0v) is 22.1. The van der Waals surface area contributed by atoms with Crippen LogP contribution in [0.2, 0.25) is 0 Å². The molecule has 6 aliphatic carbocycles. The molecule has 0 aromatic rings. The van der Waals surface area contributed by atoms with Gasteiger partial charge in [0.2, 0.25) is 0 Å². The van der Waals surface area contributed by atoms with E-state index in [1.54, 1.807) is 25.7 Å². The minimum absolute atomic E-state index is 0.516. The third-order valence-corrected chi connectivity index (χ3v) is 19.7. The van der Waals surface area contributed by atoms with Gasteiger partial charge in [-0.2, -0.15) is 0 Å². The molecule has 1 aliphatic heterocycles. The summed E-state index contributed by atoms with van der Waals surface area (Å²) in [6, 6.07) is 0. The lowest BCUT2D eigenvalue weighted by Crippen LogP contribution is -2.69. The molecule has 7 aliphatic rings. The molecule has 2 heteroatoms. The second-order valence-electron chi connectivity index (χ2n) is 14.5. The van der Waals surface area contributed by atoms with Crippen LogP contribution < -0.4 is 0 Å². The van der Waals surface area contributed by atoms with Gasteiger partial charge in [0.05, 0.1) is 8.16 Å². The Labute approximate surface area is 194 Å². The van der Waals surface area contributed by atoms with Crippen LogP contribution in [0.1, 0.15) is 119 Å². The summed E-state index contributed by atoms with van der Waals surface area (Å²) in [7, 11) is 0. The first-order chi connectivity index (χ1) is 14.0. The molecule has 6 saturated carbocycles. The number of thioether (sulfide) groups is 2. The van der Waals surface area contributed by atoms with Gasteiger partial charge < -0.3 is 0 Å². The van der Waals surface area contributed by atoms with E-state index in [0.29, 0.717) is 40.6 Å². The molecule has 0 aromatic carbocycles. The molecule has 4 bridgehead atoms. The standard InChI is InChI=1S/C28H44S2/c1-21(2)19-11-17-23(21,5)27(25(19)13-7-8-14-25)29-28(30-27)24(6)18-12-20(22(24,3)4)26(28)15-9-10-16-26/h19-20H,7-18H2,1-6H3. The van der Waals surface area contributed by atoms with Crippen molar-refractivity contribution >= 4 is 23.5 Å². The highest BCUT2D eigenvalue weighted by Gasteiger charge is 2.92. The number of rotatable bonds is 0. The van der Waals surface area contributed by atoms with Crippen LogP contribution in [0.5, 0.6) is 0 Å². The van der Waals surface area contributed by atoms with Crippen LogP contribution in [0.25, 0.3) is 0 Å². The van der Waals surface area contributed by atoms with Gasteiger partial charge in [0, 0.05) is 0 Å². The van der Waals surface area contributed by atoms with E-state index in [-0.39, 0.29) is 0 Å². The van der Waals surface area contributed by atoms with E-state index in [9.17, 15) is 0 Å². The normalized spacial score (nSPS) is 57.4. The Kier molecular flexibility index (Phi) is 3.47. The summed E-state index contributed by atoms with van der Waals surface area (Å²) in [6.45, 7) is 16.3. The van der Waals surface area contributed by atoms with Gasteiger partial charge in [-0.15, -0.1) is 23.5 Å². The lowest BCUT2D eigenvalue weighted by atomic mass is 9.66. The van der Waals surface area contributed by atoms with Crippen LogP contribution in [0.3, 0.4) is 0 Å². The van der Waals surface area contributed by atoms with Gasteiger partial charge in [-0.25, -0.2) is 0 Å². The molecule has 0 amide bonds. The van der Waals surface area contributed by atoms with Crippen molar-refractivity contribution in [2.24, 2.45) is 44.3 Å². The molecule has 0 N–H and O–H groups in total. The van der Waals surface area contributed by atoms with E-state index in [0.717, 1.165) is 11.8 Å². The van der Waals surface area contributed by atoms with Crippen molar-refractivity contribution in [1.82, 2.24) is 0 Å². The zero-order chi connectivity index (χ0) is 21.1. The summed E-state index contributed by atoms with van der Waals surface area (Å²) in [4.78, 5) is 0. The topological polar surface area (TPSA) is 0 Å². The first-order valence-corrected chi connectivity index (χ1v) is 15.0. The van der Waals surface area contributed by atoms with E-state index < -0.39 is 0 Å². The maximum atomic E-state index is 2.77. The van der Waals surface area contributed by atoms with E-state index in [4.69, 9.17) is 0 Å². The van der Waals surface area contributed by atoms with Crippen molar-refractivity contribution in [3.05, 3.63) is 0 Å². The van der Waals surface area contributed by atoms with Crippen LogP contribution >= 0.6 is 23.5 Å². The van der Waals surface area contributed by atoms with Crippen molar-refractivity contribution in [2.75, 3.05) is 0 Å². The summed E-state index contributed by atoms with van der Waals surface area (Å²) in [5.74, 6) is 1.96. The molecule has 168 valence electrons. The first kappa shape index (κ1) is 20.1. The monoisotopic (exact) mass is 444 g/mol. The molecule has 1 saturated heterocycles. The Morgan fingerprint density at radius 2 is 0.833 bits per heavy atom. The minimum Gasteiger partial charge on any atom is -0.124 e. The molecule has 4 spiro atoms. The lowest BCUT2D eigenvalue weighted by Gasteiger charge is -2.74. The first-order valence-electron chi connectivity index (χ1n) is 13.4. The van der Waals surface area contributed by atoms with Crippen LogP contribution in [0, 0.1) is 44.3 Å². The highest BCUT2D eigenvalue weighted by Crippen LogP contribution is 3.00. The van der Waals surface area contributed by atoms with Gasteiger partial charge in [-0.3, -0.25) is 0 Å². The quantitative estimate of drug-likeness (QED) is 0.366. The summed E-state index contributed by atoms with van der Waals surface area (Å²) in [5.41, 5.74) is 3.39. The Morgan fingerprint density at radius 1 is 0.500 bits per heavy atom. The summed E-state index contributed by atoms with van der Waals surface area (Å²) in [6.07, 6.45) is 18.3. The predicted octanol–water partition coefficient (Wildman–Crippen LogP) is 8.89. The van der Waals surface area contributed by atoms with Crippen molar-refractivity contribution in [3.8, 4) is 0 Å². The molecule has 30 heavy (non-hydrogen) atoms. The third kappa shape index (κ3) is 1.51. The molecular formula is C28H44S2. The van der Waals surface area contributed by atoms with Crippen molar-refractivity contribution in [1.29, 1.82) is 0 Å². The Bertz CT molecular complexity index is 738. The highest BCUT2D eigenvalue weighted by atomic mass is 32.3. The average molecular weight is 445 g/mol. The van der Waals surface area contributed by atoms with E-state index >= 15 is 0 Å². The van der Waals surface area contributed by atoms with Crippen LogP contribution in [-0.4, -0.2) is 8.16 Å². The fraction of sp³-hybridized carbons (Fsp3) is 1.00. The van der Waals surface area contributed by atoms with Crippen molar-refractivity contribution < 1.29 is 0 Å².